The number of aldehydes is 1. The van der Waals surface area contributed by atoms with E-state index in [9.17, 15) is 34.2 Å². The number of aliphatic hydroxyl groups is 2. The molecule has 5 atom stereocenters. The van der Waals surface area contributed by atoms with E-state index in [2.05, 4.69) is 16.0 Å². The molecule has 0 aromatic carbocycles. The van der Waals surface area contributed by atoms with Crippen molar-refractivity contribution < 1.29 is 48.4 Å². The summed E-state index contributed by atoms with van der Waals surface area (Å²) in [6.07, 6.45) is 8.38. The number of rotatable bonds is 24. The third-order valence-corrected chi connectivity index (χ3v) is 7.53. The normalized spacial score (nSPS) is 21.3. The SMILES string of the molecule is CC(=O)N[C@H]1[C@H](OCCCCC(=O)NCCCNC(=O)CCCCCCCCCCC(=O)OC(C)(C)C)O[C@H](CO)[C@H](O)[C@@H]1C=O. The second kappa shape index (κ2) is 23.7. The Hall–Kier alpha value is -2.61. The van der Waals surface area contributed by atoms with Crippen LogP contribution in [0.4, 0.5) is 0 Å². The predicted octanol–water partition coefficient (Wildman–Crippen LogP) is 2.44. The number of carbonyl (C=O) groups is 5. The quantitative estimate of drug-likeness (QED) is 0.0586. The number of aliphatic hydroxyl groups excluding tert-OH is 2. The van der Waals surface area contributed by atoms with Crippen molar-refractivity contribution in [1.29, 1.82) is 0 Å². The number of hydrogen-bond acceptors (Lipinski definition) is 10. The Labute approximate surface area is 274 Å². The first-order valence-electron chi connectivity index (χ1n) is 16.9. The van der Waals surface area contributed by atoms with Crippen LogP contribution in [0.15, 0.2) is 0 Å². The molecule has 13 nitrogen and oxygen atoms in total. The van der Waals surface area contributed by atoms with Gasteiger partial charge in [0.15, 0.2) is 6.29 Å². The molecule has 1 fully saturated rings. The summed E-state index contributed by atoms with van der Waals surface area (Å²) in [4.78, 5) is 59.0. The minimum Gasteiger partial charge on any atom is -0.460 e. The molecule has 1 heterocycles. The minimum absolute atomic E-state index is 0.0236. The van der Waals surface area contributed by atoms with Crippen LogP contribution < -0.4 is 16.0 Å². The third kappa shape index (κ3) is 19.1. The van der Waals surface area contributed by atoms with Crippen LogP contribution in [-0.4, -0.2) is 96.6 Å². The van der Waals surface area contributed by atoms with E-state index in [4.69, 9.17) is 14.2 Å². The summed E-state index contributed by atoms with van der Waals surface area (Å²) < 4.78 is 16.6. The molecule has 0 aliphatic carbocycles. The van der Waals surface area contributed by atoms with Crippen LogP contribution in [-0.2, 0) is 38.2 Å². The number of amides is 3. The topological polar surface area (TPSA) is 190 Å². The van der Waals surface area contributed by atoms with Crippen LogP contribution in [0.3, 0.4) is 0 Å². The summed E-state index contributed by atoms with van der Waals surface area (Å²) in [6.45, 7) is 7.55. The zero-order chi connectivity index (χ0) is 34.4. The van der Waals surface area contributed by atoms with Gasteiger partial charge in [-0.15, -0.1) is 0 Å². The molecule has 13 heteroatoms. The largest absolute Gasteiger partial charge is 0.460 e. The van der Waals surface area contributed by atoms with Gasteiger partial charge in [-0.1, -0.05) is 38.5 Å². The Morgan fingerprint density at radius 2 is 1.33 bits per heavy atom. The molecule has 1 aliphatic rings. The summed E-state index contributed by atoms with van der Waals surface area (Å²) in [6, 6.07) is -0.901. The van der Waals surface area contributed by atoms with E-state index in [-0.39, 0.29) is 30.8 Å². The zero-order valence-electron chi connectivity index (χ0n) is 28.4. The van der Waals surface area contributed by atoms with Crippen molar-refractivity contribution in [1.82, 2.24) is 16.0 Å². The van der Waals surface area contributed by atoms with Crippen molar-refractivity contribution in [3.8, 4) is 0 Å². The molecule has 0 bridgehead atoms. The Kier molecular flexibility index (Phi) is 21.3. The standard InChI is InChI=1S/C33H59N3O10/c1-24(39)36-30-25(22-37)31(43)26(23-38)45-32(30)44-21-14-13-17-28(41)35-20-15-19-34-27(40)16-11-9-7-5-6-8-10-12-18-29(42)46-33(2,3)4/h22,25-26,30-32,38,43H,5-21,23H2,1-4H3,(H,34,40)(H,35,41)(H,36,39)/t25-,26-,30-,31-,32-/m1/s1. The summed E-state index contributed by atoms with van der Waals surface area (Å²) in [5, 5.41) is 28.0. The predicted molar refractivity (Wildman–Crippen MR) is 171 cm³/mol. The van der Waals surface area contributed by atoms with Crippen molar-refractivity contribution >= 4 is 30.0 Å². The summed E-state index contributed by atoms with van der Waals surface area (Å²) in [5.74, 6) is -1.62. The Morgan fingerprint density at radius 1 is 0.804 bits per heavy atom. The van der Waals surface area contributed by atoms with E-state index in [1.54, 1.807) is 0 Å². The van der Waals surface area contributed by atoms with E-state index in [0.717, 1.165) is 51.4 Å². The maximum Gasteiger partial charge on any atom is 0.306 e. The van der Waals surface area contributed by atoms with Crippen molar-refractivity contribution in [2.75, 3.05) is 26.3 Å². The van der Waals surface area contributed by atoms with E-state index in [1.165, 1.54) is 6.92 Å². The molecule has 0 unspecified atom stereocenters. The molecule has 0 aromatic rings. The van der Waals surface area contributed by atoms with E-state index >= 15 is 0 Å². The molecule has 1 saturated heterocycles. The number of esters is 1. The monoisotopic (exact) mass is 657 g/mol. The Bertz CT molecular complexity index is 911. The highest BCUT2D eigenvalue weighted by molar-refractivity contribution is 5.76. The lowest BCUT2D eigenvalue weighted by atomic mass is 9.88. The lowest BCUT2D eigenvalue weighted by molar-refractivity contribution is -0.254. The van der Waals surface area contributed by atoms with Crippen LogP contribution in [0.5, 0.6) is 0 Å². The van der Waals surface area contributed by atoms with Gasteiger partial charge in [0.2, 0.25) is 17.7 Å². The van der Waals surface area contributed by atoms with Gasteiger partial charge in [0.1, 0.15) is 18.0 Å². The molecular formula is C33H59N3O10. The molecule has 3 amide bonds. The lowest BCUT2D eigenvalue weighted by Gasteiger charge is -2.42. The highest BCUT2D eigenvalue weighted by atomic mass is 16.7. The number of unbranched alkanes of at least 4 members (excludes halogenated alkanes) is 8. The Morgan fingerprint density at radius 3 is 1.83 bits per heavy atom. The van der Waals surface area contributed by atoms with Crippen LogP contribution in [0.2, 0.25) is 0 Å². The fourth-order valence-corrected chi connectivity index (χ4v) is 5.15. The number of carbonyl (C=O) groups excluding carboxylic acids is 5. The van der Waals surface area contributed by atoms with Gasteiger partial charge in [-0.2, -0.15) is 0 Å². The van der Waals surface area contributed by atoms with Crippen LogP contribution in [0, 0.1) is 5.92 Å². The van der Waals surface area contributed by atoms with Crippen LogP contribution >= 0.6 is 0 Å². The van der Waals surface area contributed by atoms with Crippen LogP contribution in [0.1, 0.15) is 118 Å². The lowest BCUT2D eigenvalue weighted by Crippen LogP contribution is -2.62. The average molecular weight is 658 g/mol. The molecular weight excluding hydrogens is 598 g/mol. The van der Waals surface area contributed by atoms with Crippen LogP contribution in [0.25, 0.3) is 0 Å². The maximum absolute atomic E-state index is 12.1. The molecule has 266 valence electrons. The number of hydrogen-bond donors (Lipinski definition) is 5. The highest BCUT2D eigenvalue weighted by Crippen LogP contribution is 2.26. The van der Waals surface area contributed by atoms with Crippen molar-refractivity contribution in [2.45, 2.75) is 148 Å². The van der Waals surface area contributed by atoms with Gasteiger partial charge < -0.3 is 45.2 Å². The summed E-state index contributed by atoms with van der Waals surface area (Å²) in [7, 11) is 0. The van der Waals surface area contributed by atoms with E-state index < -0.39 is 48.6 Å². The van der Waals surface area contributed by atoms with Gasteiger partial charge in [0, 0.05) is 45.9 Å². The second-order valence-electron chi connectivity index (χ2n) is 13.0. The molecule has 0 radical (unpaired) electrons. The first-order chi connectivity index (χ1) is 21.9. The van der Waals surface area contributed by atoms with Gasteiger partial charge in [0.05, 0.1) is 24.7 Å². The van der Waals surface area contributed by atoms with Gasteiger partial charge in [-0.3, -0.25) is 19.2 Å². The van der Waals surface area contributed by atoms with Gasteiger partial charge >= 0.3 is 5.97 Å². The van der Waals surface area contributed by atoms with E-state index in [0.29, 0.717) is 51.5 Å². The molecule has 1 rings (SSSR count). The fourth-order valence-electron chi connectivity index (χ4n) is 5.15. The highest BCUT2D eigenvalue weighted by Gasteiger charge is 2.46. The molecule has 5 N–H and O–H groups in total. The third-order valence-electron chi connectivity index (χ3n) is 7.53. The van der Waals surface area contributed by atoms with Gasteiger partial charge in [0.25, 0.3) is 0 Å². The van der Waals surface area contributed by atoms with E-state index in [1.807, 2.05) is 20.8 Å². The maximum atomic E-state index is 12.1. The average Bonchev–Trinajstić information content (AvgIpc) is 2.97. The summed E-state index contributed by atoms with van der Waals surface area (Å²) >= 11 is 0. The molecule has 0 saturated carbocycles. The Balaban J connectivity index is 2.03. The van der Waals surface area contributed by atoms with Crippen molar-refractivity contribution in [3.63, 3.8) is 0 Å². The van der Waals surface area contributed by atoms with Crippen molar-refractivity contribution in [3.05, 3.63) is 0 Å². The molecule has 0 aromatic heterocycles. The number of nitrogens with one attached hydrogen (secondary N) is 3. The fraction of sp³-hybridized carbons (Fsp3) is 0.848. The summed E-state index contributed by atoms with van der Waals surface area (Å²) in [5.41, 5.74) is -0.423. The minimum atomic E-state index is -1.28. The number of ether oxygens (including phenoxy) is 3. The molecule has 46 heavy (non-hydrogen) atoms. The molecule has 1 aliphatic heterocycles. The first-order valence-corrected chi connectivity index (χ1v) is 16.9. The first kappa shape index (κ1) is 41.4. The smallest absolute Gasteiger partial charge is 0.306 e. The van der Waals surface area contributed by atoms with Gasteiger partial charge in [-0.05, 0) is 52.9 Å². The van der Waals surface area contributed by atoms with Gasteiger partial charge in [-0.25, -0.2) is 0 Å². The zero-order valence-corrected chi connectivity index (χ0v) is 28.4. The van der Waals surface area contributed by atoms with Crippen molar-refractivity contribution in [2.24, 2.45) is 5.92 Å². The molecule has 0 spiro atoms. The second-order valence-corrected chi connectivity index (χ2v) is 13.0.